The quantitative estimate of drug-likeness (QED) is 0.843. The zero-order valence-corrected chi connectivity index (χ0v) is 12.8. The molecular weight excluding hydrogens is 283 g/mol. The van der Waals surface area contributed by atoms with E-state index < -0.39 is 0 Å². The Morgan fingerprint density at radius 1 is 1.32 bits per heavy atom. The number of hydrogen-bond acceptors (Lipinski definition) is 3. The van der Waals surface area contributed by atoms with Gasteiger partial charge >= 0.3 is 0 Å². The summed E-state index contributed by atoms with van der Waals surface area (Å²) in [5, 5.41) is 13.3. The van der Waals surface area contributed by atoms with Gasteiger partial charge in [-0.3, -0.25) is 4.90 Å². The monoisotopic (exact) mass is 304 g/mol. The molecule has 0 radical (unpaired) electrons. The van der Waals surface area contributed by atoms with Crippen LogP contribution >= 0.6 is 24.8 Å². The van der Waals surface area contributed by atoms with Gasteiger partial charge < -0.3 is 10.4 Å². The van der Waals surface area contributed by atoms with Crippen molar-refractivity contribution in [3.63, 3.8) is 0 Å². The van der Waals surface area contributed by atoms with Gasteiger partial charge in [0, 0.05) is 31.7 Å². The second kappa shape index (κ2) is 8.43. The van der Waals surface area contributed by atoms with Gasteiger partial charge in [-0.05, 0) is 13.0 Å². The van der Waals surface area contributed by atoms with Crippen LogP contribution in [0.15, 0.2) is 30.9 Å². The fourth-order valence-corrected chi connectivity index (χ4v) is 2.34. The molecule has 1 fully saturated rings. The average Bonchev–Trinajstić information content (AvgIpc) is 2.36. The Labute approximate surface area is 127 Å². The third-order valence-electron chi connectivity index (χ3n) is 3.27. The topological polar surface area (TPSA) is 35.5 Å². The third kappa shape index (κ3) is 4.39. The van der Waals surface area contributed by atoms with E-state index in [0.717, 1.165) is 31.7 Å². The summed E-state index contributed by atoms with van der Waals surface area (Å²) in [5.41, 5.74) is 2.13. The fourth-order valence-electron chi connectivity index (χ4n) is 2.34. The molecule has 1 saturated heterocycles. The highest BCUT2D eigenvalue weighted by Crippen LogP contribution is 2.30. The van der Waals surface area contributed by atoms with Crippen LogP contribution in [0.3, 0.4) is 0 Å². The lowest BCUT2D eigenvalue weighted by atomic mass is 10.0. The lowest BCUT2D eigenvalue weighted by Gasteiger charge is -2.33. The van der Waals surface area contributed by atoms with Crippen molar-refractivity contribution in [3.8, 4) is 5.75 Å². The van der Waals surface area contributed by atoms with Gasteiger partial charge in [0.25, 0.3) is 0 Å². The van der Waals surface area contributed by atoms with Gasteiger partial charge in [-0.1, -0.05) is 23.8 Å². The van der Waals surface area contributed by atoms with Crippen LogP contribution < -0.4 is 5.32 Å². The van der Waals surface area contributed by atoms with Gasteiger partial charge in [-0.2, -0.15) is 0 Å². The Bertz CT molecular complexity index is 406. The summed E-state index contributed by atoms with van der Waals surface area (Å²) in [6.45, 7) is 9.93. The van der Waals surface area contributed by atoms with E-state index in [1.54, 1.807) is 6.07 Å². The van der Waals surface area contributed by atoms with Crippen LogP contribution in [0.5, 0.6) is 5.75 Å². The number of hydrogen-bond donors (Lipinski definition) is 2. The molecule has 1 heterocycles. The van der Waals surface area contributed by atoms with Crippen LogP contribution in [0, 0.1) is 6.92 Å². The van der Waals surface area contributed by atoms with E-state index in [9.17, 15) is 5.11 Å². The van der Waals surface area contributed by atoms with Gasteiger partial charge in [0.05, 0.1) is 6.04 Å². The summed E-state index contributed by atoms with van der Waals surface area (Å²) < 4.78 is 0. The first kappa shape index (κ1) is 18.3. The molecule has 1 aliphatic heterocycles. The summed E-state index contributed by atoms with van der Waals surface area (Å²) in [4.78, 5) is 2.35. The maximum Gasteiger partial charge on any atom is 0.120 e. The van der Waals surface area contributed by atoms with E-state index >= 15 is 0 Å². The van der Waals surface area contributed by atoms with E-state index in [-0.39, 0.29) is 30.9 Å². The van der Waals surface area contributed by atoms with Crippen molar-refractivity contribution in [2.45, 2.75) is 13.0 Å². The molecule has 1 aliphatic rings. The highest BCUT2D eigenvalue weighted by atomic mass is 35.5. The molecular formula is C14H22Cl2N2O. The normalized spacial score (nSPS) is 16.9. The van der Waals surface area contributed by atoms with E-state index in [1.807, 2.05) is 25.1 Å². The number of halogens is 2. The predicted octanol–water partition coefficient (Wildman–Crippen LogP) is 2.68. The first-order chi connectivity index (χ1) is 8.22. The van der Waals surface area contributed by atoms with E-state index in [0.29, 0.717) is 5.75 Å². The highest BCUT2D eigenvalue weighted by molar-refractivity contribution is 5.85. The minimum atomic E-state index is 0. The number of phenolic OH excluding ortho intramolecular Hbond substituents is 1. The number of rotatable bonds is 3. The van der Waals surface area contributed by atoms with Gasteiger partial charge in [0.1, 0.15) is 5.75 Å². The summed E-state index contributed by atoms with van der Waals surface area (Å²) in [6, 6.07) is 5.85. The Morgan fingerprint density at radius 2 is 1.95 bits per heavy atom. The van der Waals surface area contributed by atoms with Gasteiger partial charge in [0.15, 0.2) is 0 Å². The van der Waals surface area contributed by atoms with Gasteiger partial charge in [-0.15, -0.1) is 31.4 Å². The molecule has 0 aliphatic carbocycles. The number of aryl methyl sites for hydroxylation is 1. The second-order valence-corrected chi connectivity index (χ2v) is 4.53. The van der Waals surface area contributed by atoms with Crippen molar-refractivity contribution in [1.29, 1.82) is 0 Å². The molecule has 0 unspecified atom stereocenters. The van der Waals surface area contributed by atoms with Gasteiger partial charge in [0.2, 0.25) is 0 Å². The molecule has 19 heavy (non-hydrogen) atoms. The number of benzene rings is 1. The largest absolute Gasteiger partial charge is 0.508 e. The fraction of sp³-hybridized carbons (Fsp3) is 0.429. The molecule has 3 nitrogen and oxygen atoms in total. The molecule has 1 aromatic carbocycles. The minimum absolute atomic E-state index is 0. The van der Waals surface area contributed by atoms with E-state index in [2.05, 4.69) is 16.8 Å². The van der Waals surface area contributed by atoms with Crippen molar-refractivity contribution < 1.29 is 5.11 Å². The Morgan fingerprint density at radius 3 is 2.53 bits per heavy atom. The molecule has 2 rings (SSSR count). The van der Waals surface area contributed by atoms with Gasteiger partial charge in [-0.25, -0.2) is 0 Å². The smallest absolute Gasteiger partial charge is 0.120 e. The lowest BCUT2D eigenvalue weighted by Crippen LogP contribution is -2.44. The number of piperazine rings is 1. The summed E-state index contributed by atoms with van der Waals surface area (Å²) in [5.74, 6) is 0.360. The number of phenols is 1. The lowest BCUT2D eigenvalue weighted by molar-refractivity contribution is 0.201. The van der Waals surface area contributed by atoms with E-state index in [4.69, 9.17) is 0 Å². The van der Waals surface area contributed by atoms with Crippen molar-refractivity contribution in [2.24, 2.45) is 0 Å². The molecule has 0 bridgehead atoms. The molecule has 1 aromatic rings. The molecule has 0 spiro atoms. The number of nitrogens with zero attached hydrogens (tertiary/aromatic N) is 1. The van der Waals surface area contributed by atoms with Crippen molar-refractivity contribution >= 4 is 24.8 Å². The molecule has 2 N–H and O–H groups in total. The van der Waals surface area contributed by atoms with Crippen LogP contribution in [-0.2, 0) is 0 Å². The zero-order chi connectivity index (χ0) is 12.3. The molecule has 1 atom stereocenters. The van der Waals surface area contributed by atoms with Crippen LogP contribution in [0.1, 0.15) is 17.2 Å². The van der Waals surface area contributed by atoms with E-state index in [1.165, 1.54) is 5.56 Å². The Kier molecular flexibility index (Phi) is 8.11. The van der Waals surface area contributed by atoms with Crippen molar-refractivity contribution in [1.82, 2.24) is 10.2 Å². The Balaban J connectivity index is 0.00000162. The number of nitrogens with one attached hydrogen (secondary N) is 1. The SMILES string of the molecule is C=C[C@@H](c1cc(C)ccc1O)N1CCNCC1.Cl.Cl. The maximum absolute atomic E-state index is 9.98. The maximum atomic E-state index is 9.98. The first-order valence-corrected chi connectivity index (χ1v) is 6.09. The molecule has 0 aromatic heterocycles. The molecule has 108 valence electrons. The molecule has 0 amide bonds. The zero-order valence-electron chi connectivity index (χ0n) is 11.1. The first-order valence-electron chi connectivity index (χ1n) is 6.09. The third-order valence-corrected chi connectivity index (χ3v) is 3.27. The highest BCUT2D eigenvalue weighted by Gasteiger charge is 2.21. The van der Waals surface area contributed by atoms with Crippen molar-refractivity contribution in [3.05, 3.63) is 42.0 Å². The Hall–Kier alpha value is -0.740. The average molecular weight is 305 g/mol. The van der Waals surface area contributed by atoms with Crippen LogP contribution in [0.4, 0.5) is 0 Å². The summed E-state index contributed by atoms with van der Waals surface area (Å²) in [6.07, 6.45) is 1.92. The predicted molar refractivity (Wildman–Crippen MR) is 84.7 cm³/mol. The summed E-state index contributed by atoms with van der Waals surface area (Å²) in [7, 11) is 0. The van der Waals surface area contributed by atoms with Crippen molar-refractivity contribution in [2.75, 3.05) is 26.2 Å². The standard InChI is InChI=1S/C14H20N2O.2ClH/c1-3-13(16-8-6-15-7-9-16)12-10-11(2)4-5-14(12)17;;/h3-5,10,13,15,17H,1,6-9H2,2H3;2*1H/t13-;;/m0../s1. The summed E-state index contributed by atoms with van der Waals surface area (Å²) >= 11 is 0. The minimum Gasteiger partial charge on any atom is -0.508 e. The second-order valence-electron chi connectivity index (χ2n) is 4.53. The molecule has 0 saturated carbocycles. The number of aromatic hydroxyl groups is 1. The van der Waals surface area contributed by atoms with Crippen LogP contribution in [-0.4, -0.2) is 36.2 Å². The molecule has 5 heteroatoms. The van der Waals surface area contributed by atoms with Crippen LogP contribution in [0.25, 0.3) is 0 Å². The van der Waals surface area contributed by atoms with Crippen LogP contribution in [0.2, 0.25) is 0 Å².